The number of aromatic amines is 1. The number of amides is 3. The van der Waals surface area contributed by atoms with Crippen LogP contribution in [-0.2, 0) is 4.79 Å². The van der Waals surface area contributed by atoms with Gasteiger partial charge in [0.2, 0.25) is 0 Å². The van der Waals surface area contributed by atoms with Crippen molar-refractivity contribution in [3.63, 3.8) is 0 Å². The maximum Gasteiger partial charge on any atom is 0.325 e. The molecular weight excluding hydrogens is 515 g/mol. The van der Waals surface area contributed by atoms with E-state index in [0.717, 1.165) is 23.4 Å². The number of nitrogens with one attached hydrogen (secondary N) is 3. The number of rotatable bonds is 6. The number of urea groups is 1. The van der Waals surface area contributed by atoms with Crippen LogP contribution in [0.2, 0.25) is 0 Å². The number of nitrogens with zero attached hydrogens (tertiary/aromatic N) is 7. The molecule has 5 heterocycles. The average Bonchev–Trinajstić information content (AvgIpc) is 3.61. The summed E-state index contributed by atoms with van der Waals surface area (Å²) in [6.07, 6.45) is 6.21. The Labute approximate surface area is 229 Å². The van der Waals surface area contributed by atoms with Gasteiger partial charge in [0.25, 0.3) is 5.91 Å². The fraction of sp³-hybridized carbons (Fsp3) is 0.370. The van der Waals surface area contributed by atoms with Gasteiger partial charge < -0.3 is 10.6 Å². The molecule has 3 amide bonds. The predicted molar refractivity (Wildman–Crippen MR) is 142 cm³/mol. The lowest BCUT2D eigenvalue weighted by atomic mass is 9.76. The van der Waals surface area contributed by atoms with E-state index in [2.05, 4.69) is 35.9 Å². The number of pyridine rings is 1. The van der Waals surface area contributed by atoms with Gasteiger partial charge in [0.15, 0.2) is 17.5 Å². The van der Waals surface area contributed by atoms with Gasteiger partial charge in [-0.05, 0) is 58.1 Å². The first-order chi connectivity index (χ1) is 19.2. The van der Waals surface area contributed by atoms with Gasteiger partial charge in [-0.15, -0.1) is 0 Å². The lowest BCUT2D eigenvalue weighted by Crippen LogP contribution is -2.49. The Morgan fingerprint density at radius 3 is 2.55 bits per heavy atom. The number of carbonyl (C=O) groups excluding carboxylic acids is 2. The molecule has 13 heteroatoms. The third kappa shape index (κ3) is 4.67. The molecule has 0 unspecified atom stereocenters. The van der Waals surface area contributed by atoms with Gasteiger partial charge in [-0.1, -0.05) is 6.07 Å². The van der Waals surface area contributed by atoms with Crippen LogP contribution in [0.15, 0.2) is 42.9 Å². The molecule has 40 heavy (non-hydrogen) atoms. The summed E-state index contributed by atoms with van der Waals surface area (Å²) in [6, 6.07) is 6.26. The van der Waals surface area contributed by atoms with E-state index in [4.69, 9.17) is 4.98 Å². The number of aryl methyl sites for hydroxylation is 2. The summed E-state index contributed by atoms with van der Waals surface area (Å²) in [5.41, 5.74) is 1.52. The van der Waals surface area contributed by atoms with Crippen LogP contribution in [0.1, 0.15) is 67.3 Å². The standard InChI is InChI=1S/C27H29FN10O2/c1-15-10-21(32-22-11-16(2)35-36-22)33-24(31-15)18-6-8-27(9-7-18)25(39)38(26(40)34-27)17(3)19-4-5-23(29-12-19)37-14-20(28)13-30-37/h4-5,10-14,17-18H,6-9H2,1-3H3,(H,34,40)(H2,31,32,33,35,36)/t17-,18-,27+/m0/s1. The molecule has 1 spiro atoms. The number of anilines is 2. The van der Waals surface area contributed by atoms with Crippen molar-refractivity contribution in [2.75, 3.05) is 5.32 Å². The van der Waals surface area contributed by atoms with E-state index in [0.29, 0.717) is 48.7 Å². The maximum atomic E-state index is 13.7. The van der Waals surface area contributed by atoms with E-state index in [-0.39, 0.29) is 11.8 Å². The minimum Gasteiger partial charge on any atom is -0.323 e. The number of aromatic nitrogens is 7. The summed E-state index contributed by atoms with van der Waals surface area (Å²) in [6.45, 7) is 5.64. The van der Waals surface area contributed by atoms with E-state index >= 15 is 0 Å². The highest BCUT2D eigenvalue weighted by Gasteiger charge is 2.54. The van der Waals surface area contributed by atoms with Crippen molar-refractivity contribution in [2.24, 2.45) is 0 Å². The molecule has 4 aromatic heterocycles. The SMILES string of the molecule is Cc1cc(Nc2cc(C)[nH]n2)nc([C@H]2CC[C@]3(CC2)NC(=O)N([C@@H](C)c2ccc(-n4cc(F)cn4)nc2)C3=O)n1. The van der Waals surface area contributed by atoms with Crippen molar-refractivity contribution >= 4 is 23.6 Å². The van der Waals surface area contributed by atoms with Gasteiger partial charge in [-0.2, -0.15) is 10.2 Å². The summed E-state index contributed by atoms with van der Waals surface area (Å²) in [4.78, 5) is 41.7. The molecule has 1 aliphatic carbocycles. The smallest absolute Gasteiger partial charge is 0.323 e. The molecule has 1 aliphatic heterocycles. The number of carbonyl (C=O) groups is 2. The first-order valence-corrected chi connectivity index (χ1v) is 13.2. The van der Waals surface area contributed by atoms with Gasteiger partial charge in [0.05, 0.1) is 18.4 Å². The Kier molecular flexibility index (Phi) is 6.28. The van der Waals surface area contributed by atoms with Gasteiger partial charge >= 0.3 is 6.03 Å². The van der Waals surface area contributed by atoms with Crippen LogP contribution in [0.25, 0.3) is 5.82 Å². The summed E-state index contributed by atoms with van der Waals surface area (Å²) < 4.78 is 14.6. The van der Waals surface area contributed by atoms with Crippen LogP contribution in [0.5, 0.6) is 0 Å². The number of hydrogen-bond acceptors (Lipinski definition) is 8. The van der Waals surface area contributed by atoms with Crippen LogP contribution in [0.3, 0.4) is 0 Å². The Morgan fingerprint density at radius 1 is 1.10 bits per heavy atom. The second kappa shape index (κ2) is 9.81. The highest BCUT2D eigenvalue weighted by Crippen LogP contribution is 2.42. The summed E-state index contributed by atoms with van der Waals surface area (Å²) in [7, 11) is 0. The second-order valence-electron chi connectivity index (χ2n) is 10.5. The third-order valence-corrected chi connectivity index (χ3v) is 7.66. The van der Waals surface area contributed by atoms with Gasteiger partial charge in [-0.3, -0.25) is 14.8 Å². The van der Waals surface area contributed by atoms with E-state index in [1.165, 1.54) is 15.8 Å². The largest absolute Gasteiger partial charge is 0.325 e. The summed E-state index contributed by atoms with van der Waals surface area (Å²) >= 11 is 0. The highest BCUT2D eigenvalue weighted by molar-refractivity contribution is 6.07. The molecule has 12 nitrogen and oxygen atoms in total. The quantitative estimate of drug-likeness (QED) is 0.309. The minimum atomic E-state index is -0.945. The summed E-state index contributed by atoms with van der Waals surface area (Å²) in [5.74, 6) is 1.86. The minimum absolute atomic E-state index is 0.0621. The van der Waals surface area contributed by atoms with E-state index < -0.39 is 23.4 Å². The van der Waals surface area contributed by atoms with Crippen molar-refractivity contribution in [3.8, 4) is 5.82 Å². The van der Waals surface area contributed by atoms with Crippen LogP contribution >= 0.6 is 0 Å². The molecule has 4 aromatic rings. The van der Waals surface area contributed by atoms with E-state index in [1.807, 2.05) is 26.0 Å². The van der Waals surface area contributed by atoms with Crippen LogP contribution in [0, 0.1) is 19.7 Å². The zero-order valence-corrected chi connectivity index (χ0v) is 22.3. The fourth-order valence-electron chi connectivity index (χ4n) is 5.51. The monoisotopic (exact) mass is 544 g/mol. The van der Waals surface area contributed by atoms with Crippen LogP contribution in [0.4, 0.5) is 20.8 Å². The molecule has 206 valence electrons. The molecular formula is C27H29FN10O2. The van der Waals surface area contributed by atoms with E-state index in [1.54, 1.807) is 25.3 Å². The second-order valence-corrected chi connectivity index (χ2v) is 10.5. The normalized spacial score (nSPS) is 21.6. The maximum absolute atomic E-state index is 13.7. The lowest BCUT2D eigenvalue weighted by Gasteiger charge is -2.35. The lowest BCUT2D eigenvalue weighted by molar-refractivity contribution is -0.134. The summed E-state index contributed by atoms with van der Waals surface area (Å²) in [5, 5.41) is 17.2. The van der Waals surface area contributed by atoms with Crippen molar-refractivity contribution in [1.82, 2.24) is 45.1 Å². The molecule has 1 atom stereocenters. The number of H-pyrrole nitrogens is 1. The zero-order chi connectivity index (χ0) is 28.0. The zero-order valence-electron chi connectivity index (χ0n) is 22.3. The van der Waals surface area contributed by atoms with Crippen molar-refractivity contribution < 1.29 is 14.0 Å². The Bertz CT molecular complexity index is 1570. The van der Waals surface area contributed by atoms with Gasteiger partial charge in [0.1, 0.15) is 17.2 Å². The molecule has 2 fully saturated rings. The first kappa shape index (κ1) is 25.6. The number of imide groups is 1. The fourth-order valence-corrected chi connectivity index (χ4v) is 5.51. The van der Waals surface area contributed by atoms with Crippen molar-refractivity contribution in [2.45, 2.75) is 64.0 Å². The Hall–Kier alpha value is -4.68. The average molecular weight is 545 g/mol. The molecule has 6 rings (SSSR count). The highest BCUT2D eigenvalue weighted by atomic mass is 19.1. The molecule has 0 radical (unpaired) electrons. The number of halogens is 1. The molecule has 1 saturated heterocycles. The van der Waals surface area contributed by atoms with E-state index in [9.17, 15) is 14.0 Å². The van der Waals surface area contributed by atoms with Gasteiger partial charge in [-0.25, -0.2) is 28.8 Å². The van der Waals surface area contributed by atoms with Crippen molar-refractivity contribution in [3.05, 3.63) is 71.4 Å². The van der Waals surface area contributed by atoms with Crippen LogP contribution in [-0.4, -0.2) is 57.3 Å². The van der Waals surface area contributed by atoms with Crippen LogP contribution < -0.4 is 10.6 Å². The molecule has 0 bridgehead atoms. The first-order valence-electron chi connectivity index (χ1n) is 13.2. The Balaban J connectivity index is 1.14. The topological polar surface area (TPSA) is 147 Å². The molecule has 0 aromatic carbocycles. The Morgan fingerprint density at radius 2 is 1.90 bits per heavy atom. The molecule has 3 N–H and O–H groups in total. The predicted octanol–water partition coefficient (Wildman–Crippen LogP) is 3.99. The third-order valence-electron chi connectivity index (χ3n) is 7.66. The molecule has 1 saturated carbocycles. The van der Waals surface area contributed by atoms with Gasteiger partial charge in [0, 0.05) is 35.6 Å². The molecule has 2 aliphatic rings. The number of hydrogen-bond donors (Lipinski definition) is 3. The van der Waals surface area contributed by atoms with Crippen molar-refractivity contribution in [1.29, 1.82) is 0 Å².